The first-order valence-corrected chi connectivity index (χ1v) is 4.21. The fraction of sp³-hybridized carbons (Fsp3) is 0.200. The summed E-state index contributed by atoms with van der Waals surface area (Å²) in [6.07, 6.45) is 3.64. The molecule has 0 aromatic carbocycles. The van der Waals surface area contributed by atoms with Crippen LogP contribution in [0, 0.1) is 13.8 Å². The van der Waals surface area contributed by atoms with E-state index >= 15 is 0 Å². The first-order valence-electron chi connectivity index (χ1n) is 4.21. The number of aromatic nitrogens is 3. The summed E-state index contributed by atoms with van der Waals surface area (Å²) < 4.78 is 2.03. The molecule has 3 nitrogen and oxygen atoms in total. The number of hydrogen-bond donors (Lipinski definition) is 0. The minimum absolute atomic E-state index is 0.926. The SMILES string of the molecule is Cc1cnc(C)n1-c1ccccn1. The standard InChI is InChI=1S/C10H11N3/c1-8-7-12-9(2)13(8)10-5-3-4-6-11-10/h3-7H,1-2H3. The fourth-order valence-electron chi connectivity index (χ4n) is 1.39. The van der Waals surface area contributed by atoms with E-state index in [1.807, 2.05) is 42.8 Å². The van der Waals surface area contributed by atoms with Crippen molar-refractivity contribution in [1.82, 2.24) is 14.5 Å². The molecule has 0 N–H and O–H groups in total. The van der Waals surface area contributed by atoms with E-state index in [0.717, 1.165) is 17.3 Å². The van der Waals surface area contributed by atoms with Crippen LogP contribution in [0.4, 0.5) is 0 Å². The van der Waals surface area contributed by atoms with Gasteiger partial charge >= 0.3 is 0 Å². The largest absolute Gasteiger partial charge is 0.285 e. The van der Waals surface area contributed by atoms with Crippen LogP contribution in [0.3, 0.4) is 0 Å². The van der Waals surface area contributed by atoms with Crippen LogP contribution >= 0.6 is 0 Å². The highest BCUT2D eigenvalue weighted by atomic mass is 15.1. The monoisotopic (exact) mass is 173 g/mol. The number of pyridine rings is 1. The summed E-state index contributed by atoms with van der Waals surface area (Å²) in [4.78, 5) is 8.48. The van der Waals surface area contributed by atoms with Gasteiger partial charge in [-0.25, -0.2) is 9.97 Å². The van der Waals surface area contributed by atoms with Crippen molar-refractivity contribution in [2.24, 2.45) is 0 Å². The maximum atomic E-state index is 4.27. The van der Waals surface area contributed by atoms with Crippen LogP contribution in [0.5, 0.6) is 0 Å². The first kappa shape index (κ1) is 7.98. The zero-order valence-corrected chi connectivity index (χ0v) is 7.73. The second-order valence-corrected chi connectivity index (χ2v) is 2.97. The second kappa shape index (κ2) is 3.01. The zero-order chi connectivity index (χ0) is 9.26. The molecule has 0 aliphatic rings. The highest BCUT2D eigenvalue weighted by Crippen LogP contribution is 2.10. The van der Waals surface area contributed by atoms with Crippen molar-refractivity contribution in [2.75, 3.05) is 0 Å². The van der Waals surface area contributed by atoms with E-state index in [1.165, 1.54) is 0 Å². The highest BCUT2D eigenvalue weighted by molar-refractivity contribution is 5.26. The third-order valence-electron chi connectivity index (χ3n) is 1.99. The minimum atomic E-state index is 0.926. The lowest BCUT2D eigenvalue weighted by molar-refractivity contribution is 0.903. The lowest BCUT2D eigenvalue weighted by atomic mass is 10.4. The van der Waals surface area contributed by atoms with E-state index in [4.69, 9.17) is 0 Å². The molecule has 2 rings (SSSR count). The quantitative estimate of drug-likeness (QED) is 0.659. The number of nitrogens with zero attached hydrogens (tertiary/aromatic N) is 3. The molecule has 0 aliphatic carbocycles. The van der Waals surface area contributed by atoms with Gasteiger partial charge in [-0.05, 0) is 26.0 Å². The van der Waals surface area contributed by atoms with Gasteiger partial charge in [0, 0.05) is 18.1 Å². The van der Waals surface area contributed by atoms with Crippen LogP contribution in [0.15, 0.2) is 30.6 Å². The average Bonchev–Trinajstić information content (AvgIpc) is 2.48. The third kappa shape index (κ3) is 1.33. The van der Waals surface area contributed by atoms with E-state index in [-0.39, 0.29) is 0 Å². The van der Waals surface area contributed by atoms with Gasteiger partial charge < -0.3 is 0 Å². The normalized spacial score (nSPS) is 10.3. The van der Waals surface area contributed by atoms with Gasteiger partial charge in [0.25, 0.3) is 0 Å². The van der Waals surface area contributed by atoms with Gasteiger partial charge in [-0.1, -0.05) is 6.07 Å². The molecule has 3 heteroatoms. The zero-order valence-electron chi connectivity index (χ0n) is 7.73. The maximum Gasteiger partial charge on any atom is 0.138 e. The van der Waals surface area contributed by atoms with Crippen LogP contribution in [0.2, 0.25) is 0 Å². The third-order valence-corrected chi connectivity index (χ3v) is 1.99. The number of imidazole rings is 1. The number of rotatable bonds is 1. The summed E-state index contributed by atoms with van der Waals surface area (Å²) in [6, 6.07) is 5.86. The van der Waals surface area contributed by atoms with Gasteiger partial charge in [0.2, 0.25) is 0 Å². The molecule has 0 amide bonds. The molecule has 2 aromatic rings. The van der Waals surface area contributed by atoms with Gasteiger partial charge in [0.15, 0.2) is 0 Å². The van der Waals surface area contributed by atoms with Crippen LogP contribution in [-0.4, -0.2) is 14.5 Å². The van der Waals surface area contributed by atoms with Crippen molar-refractivity contribution in [3.8, 4) is 5.82 Å². The van der Waals surface area contributed by atoms with Crippen molar-refractivity contribution in [1.29, 1.82) is 0 Å². The molecule has 0 bridgehead atoms. The van der Waals surface area contributed by atoms with E-state index in [2.05, 4.69) is 9.97 Å². The number of aryl methyl sites for hydroxylation is 2. The van der Waals surface area contributed by atoms with Crippen molar-refractivity contribution < 1.29 is 0 Å². The van der Waals surface area contributed by atoms with Crippen LogP contribution < -0.4 is 0 Å². The highest BCUT2D eigenvalue weighted by Gasteiger charge is 2.04. The Bertz CT molecular complexity index is 384. The Labute approximate surface area is 77.1 Å². The number of hydrogen-bond acceptors (Lipinski definition) is 2. The van der Waals surface area contributed by atoms with E-state index in [9.17, 15) is 0 Å². The summed E-state index contributed by atoms with van der Waals surface area (Å²) >= 11 is 0. The Balaban J connectivity index is 2.59. The van der Waals surface area contributed by atoms with E-state index in [1.54, 1.807) is 6.20 Å². The smallest absolute Gasteiger partial charge is 0.138 e. The molecule has 2 aromatic heterocycles. The maximum absolute atomic E-state index is 4.27. The molecule has 66 valence electrons. The fourth-order valence-corrected chi connectivity index (χ4v) is 1.39. The predicted octanol–water partition coefficient (Wildman–Crippen LogP) is 1.88. The Kier molecular flexibility index (Phi) is 1.85. The molecule has 0 spiro atoms. The molecule has 0 atom stereocenters. The minimum Gasteiger partial charge on any atom is -0.285 e. The Morgan fingerprint density at radius 1 is 1.15 bits per heavy atom. The van der Waals surface area contributed by atoms with Crippen LogP contribution in [0.25, 0.3) is 5.82 Å². The van der Waals surface area contributed by atoms with Crippen LogP contribution in [0.1, 0.15) is 11.5 Å². The molecule has 0 saturated heterocycles. The summed E-state index contributed by atoms with van der Waals surface area (Å²) in [5.41, 5.74) is 1.11. The summed E-state index contributed by atoms with van der Waals surface area (Å²) in [6.45, 7) is 4.00. The second-order valence-electron chi connectivity index (χ2n) is 2.97. The van der Waals surface area contributed by atoms with Gasteiger partial charge in [-0.2, -0.15) is 0 Å². The molecular weight excluding hydrogens is 162 g/mol. The summed E-state index contributed by atoms with van der Waals surface area (Å²) in [5, 5.41) is 0. The van der Waals surface area contributed by atoms with E-state index in [0.29, 0.717) is 0 Å². The first-order chi connectivity index (χ1) is 6.29. The van der Waals surface area contributed by atoms with Gasteiger partial charge in [-0.3, -0.25) is 4.57 Å². The average molecular weight is 173 g/mol. The van der Waals surface area contributed by atoms with Crippen molar-refractivity contribution in [3.63, 3.8) is 0 Å². The van der Waals surface area contributed by atoms with Gasteiger partial charge in [-0.15, -0.1) is 0 Å². The van der Waals surface area contributed by atoms with E-state index < -0.39 is 0 Å². The van der Waals surface area contributed by atoms with Crippen molar-refractivity contribution >= 4 is 0 Å². The lowest BCUT2D eigenvalue weighted by Crippen LogP contribution is -2.00. The van der Waals surface area contributed by atoms with Gasteiger partial charge in [0.1, 0.15) is 11.6 Å². The Morgan fingerprint density at radius 2 is 2.00 bits per heavy atom. The van der Waals surface area contributed by atoms with Gasteiger partial charge in [0.05, 0.1) is 0 Å². The van der Waals surface area contributed by atoms with Crippen molar-refractivity contribution in [2.45, 2.75) is 13.8 Å². The summed E-state index contributed by atoms with van der Waals surface area (Å²) in [7, 11) is 0. The van der Waals surface area contributed by atoms with Crippen molar-refractivity contribution in [3.05, 3.63) is 42.1 Å². The molecule has 0 unspecified atom stereocenters. The molecular formula is C10H11N3. The lowest BCUT2D eigenvalue weighted by Gasteiger charge is -2.05. The molecule has 2 heterocycles. The molecule has 0 radical (unpaired) electrons. The predicted molar refractivity (Wildman–Crippen MR) is 50.8 cm³/mol. The molecule has 13 heavy (non-hydrogen) atoms. The van der Waals surface area contributed by atoms with Crippen LogP contribution in [-0.2, 0) is 0 Å². The molecule has 0 aliphatic heterocycles. The Hall–Kier alpha value is -1.64. The molecule has 0 saturated carbocycles. The Morgan fingerprint density at radius 3 is 2.54 bits per heavy atom. The topological polar surface area (TPSA) is 30.7 Å². The molecule has 0 fully saturated rings. The summed E-state index contributed by atoms with van der Waals surface area (Å²) in [5.74, 6) is 1.89.